The molecule has 0 amide bonds. The van der Waals surface area contributed by atoms with Gasteiger partial charge in [0.15, 0.2) is 0 Å². The number of likely N-dealkylation sites (tertiary alicyclic amines) is 1. The van der Waals surface area contributed by atoms with Crippen molar-refractivity contribution >= 4 is 23.2 Å². The van der Waals surface area contributed by atoms with E-state index < -0.39 is 0 Å². The summed E-state index contributed by atoms with van der Waals surface area (Å²) in [6.07, 6.45) is 6.66. The van der Waals surface area contributed by atoms with Crippen LogP contribution in [-0.2, 0) is 0 Å². The van der Waals surface area contributed by atoms with Crippen molar-refractivity contribution in [3.8, 4) is 5.75 Å². The van der Waals surface area contributed by atoms with Crippen LogP contribution in [0.2, 0.25) is 10.0 Å². The van der Waals surface area contributed by atoms with Crippen molar-refractivity contribution in [2.75, 3.05) is 26.2 Å². The maximum Gasteiger partial charge on any atom is 0.120 e. The van der Waals surface area contributed by atoms with Crippen LogP contribution in [0.1, 0.15) is 32.1 Å². The number of ether oxygens (including phenoxy) is 1. The predicted octanol–water partition coefficient (Wildman–Crippen LogP) is 3.22. The lowest BCUT2D eigenvalue weighted by Crippen LogP contribution is -3.11. The van der Waals surface area contributed by atoms with Gasteiger partial charge in [-0.15, -0.1) is 0 Å². The van der Waals surface area contributed by atoms with Gasteiger partial charge in [0.05, 0.1) is 36.3 Å². The van der Waals surface area contributed by atoms with Crippen LogP contribution in [0.5, 0.6) is 5.75 Å². The molecule has 1 N–H and O–H groups in total. The Morgan fingerprint density at radius 3 is 2.42 bits per heavy atom. The standard InChI is InChI=1S/C15H21Cl2NO/c16-14-7-6-13(12-15(14)17)19-11-5-10-18-8-3-1-2-4-9-18/h6-7,12H,1-5,8-11H2/p+1. The second-order valence-electron chi connectivity index (χ2n) is 5.19. The van der Waals surface area contributed by atoms with Crippen LogP contribution in [0.4, 0.5) is 0 Å². The Balaban J connectivity index is 1.67. The monoisotopic (exact) mass is 302 g/mol. The molecule has 0 unspecified atom stereocenters. The normalized spacial score (nSPS) is 17.2. The maximum atomic E-state index is 5.95. The van der Waals surface area contributed by atoms with Gasteiger partial charge in [0.25, 0.3) is 0 Å². The number of rotatable bonds is 5. The Kier molecular flexibility index (Phi) is 6.29. The largest absolute Gasteiger partial charge is 0.493 e. The lowest BCUT2D eigenvalue weighted by molar-refractivity contribution is -0.899. The summed E-state index contributed by atoms with van der Waals surface area (Å²) in [6.45, 7) is 4.61. The van der Waals surface area contributed by atoms with Gasteiger partial charge in [-0.25, -0.2) is 0 Å². The second-order valence-corrected chi connectivity index (χ2v) is 6.01. The zero-order chi connectivity index (χ0) is 13.5. The zero-order valence-corrected chi connectivity index (χ0v) is 12.8. The molecule has 2 nitrogen and oxygen atoms in total. The van der Waals surface area contributed by atoms with Crippen LogP contribution in [0.25, 0.3) is 0 Å². The van der Waals surface area contributed by atoms with E-state index >= 15 is 0 Å². The van der Waals surface area contributed by atoms with Crippen LogP contribution in [0.15, 0.2) is 18.2 Å². The number of hydrogen-bond donors (Lipinski definition) is 1. The van der Waals surface area contributed by atoms with E-state index in [4.69, 9.17) is 27.9 Å². The molecule has 1 aromatic carbocycles. The molecule has 106 valence electrons. The minimum absolute atomic E-state index is 0.553. The molecule has 0 bridgehead atoms. The molecular weight excluding hydrogens is 281 g/mol. The van der Waals surface area contributed by atoms with E-state index in [1.807, 2.05) is 6.07 Å². The summed E-state index contributed by atoms with van der Waals surface area (Å²) < 4.78 is 5.71. The van der Waals surface area contributed by atoms with Crippen molar-refractivity contribution < 1.29 is 9.64 Å². The van der Waals surface area contributed by atoms with Crippen LogP contribution >= 0.6 is 23.2 Å². The van der Waals surface area contributed by atoms with E-state index in [0.29, 0.717) is 10.0 Å². The molecule has 0 aliphatic carbocycles. The maximum absolute atomic E-state index is 5.95. The molecule has 1 aliphatic heterocycles. The number of halogens is 2. The van der Waals surface area contributed by atoms with Crippen molar-refractivity contribution in [3.05, 3.63) is 28.2 Å². The van der Waals surface area contributed by atoms with Crippen LogP contribution in [-0.4, -0.2) is 26.2 Å². The van der Waals surface area contributed by atoms with Gasteiger partial charge < -0.3 is 9.64 Å². The summed E-state index contributed by atoms with van der Waals surface area (Å²) in [5.74, 6) is 0.806. The number of nitrogens with one attached hydrogen (secondary N) is 1. The topological polar surface area (TPSA) is 13.7 Å². The first kappa shape index (κ1) is 15.0. The van der Waals surface area contributed by atoms with Gasteiger partial charge in [0.2, 0.25) is 0 Å². The van der Waals surface area contributed by atoms with E-state index in [1.165, 1.54) is 45.3 Å². The molecule has 0 saturated carbocycles. The van der Waals surface area contributed by atoms with Gasteiger partial charge >= 0.3 is 0 Å². The third kappa shape index (κ3) is 5.21. The van der Waals surface area contributed by atoms with Crippen LogP contribution in [0, 0.1) is 0 Å². The van der Waals surface area contributed by atoms with E-state index in [9.17, 15) is 0 Å². The first-order valence-electron chi connectivity index (χ1n) is 7.17. The summed E-state index contributed by atoms with van der Waals surface area (Å²) in [5, 5.41) is 1.13. The van der Waals surface area contributed by atoms with E-state index in [1.54, 1.807) is 17.0 Å². The smallest absolute Gasteiger partial charge is 0.120 e. The van der Waals surface area contributed by atoms with Crippen molar-refractivity contribution in [2.24, 2.45) is 0 Å². The van der Waals surface area contributed by atoms with E-state index in [2.05, 4.69) is 0 Å². The summed E-state index contributed by atoms with van der Waals surface area (Å²) >= 11 is 11.8. The Labute approximate surface area is 125 Å². The Morgan fingerprint density at radius 1 is 1.00 bits per heavy atom. The molecule has 1 aromatic rings. The Hall–Kier alpha value is -0.440. The quantitative estimate of drug-likeness (QED) is 0.825. The number of benzene rings is 1. The van der Waals surface area contributed by atoms with Crippen molar-refractivity contribution in [3.63, 3.8) is 0 Å². The second kappa shape index (κ2) is 7.98. The highest BCUT2D eigenvalue weighted by Gasteiger charge is 2.11. The first-order valence-corrected chi connectivity index (χ1v) is 7.93. The van der Waals surface area contributed by atoms with E-state index in [0.717, 1.165) is 18.8 Å². The fraction of sp³-hybridized carbons (Fsp3) is 0.600. The summed E-state index contributed by atoms with van der Waals surface area (Å²) in [6, 6.07) is 5.43. The van der Waals surface area contributed by atoms with Crippen molar-refractivity contribution in [1.29, 1.82) is 0 Å². The molecule has 1 saturated heterocycles. The molecular formula is C15H22Cl2NO+. The highest BCUT2D eigenvalue weighted by Crippen LogP contribution is 2.26. The van der Waals surface area contributed by atoms with Gasteiger partial charge in [-0.1, -0.05) is 23.2 Å². The lowest BCUT2D eigenvalue weighted by atomic mass is 10.2. The summed E-state index contributed by atoms with van der Waals surface area (Å²) in [5.41, 5.74) is 0. The molecule has 1 aliphatic rings. The SMILES string of the molecule is Clc1ccc(OCCC[NH+]2CCCCCC2)cc1Cl. The van der Waals surface area contributed by atoms with Gasteiger partial charge in [0, 0.05) is 12.5 Å². The fourth-order valence-electron chi connectivity index (χ4n) is 2.56. The molecule has 4 heteroatoms. The Morgan fingerprint density at radius 2 is 1.74 bits per heavy atom. The predicted molar refractivity (Wildman–Crippen MR) is 80.6 cm³/mol. The van der Waals surface area contributed by atoms with Crippen molar-refractivity contribution in [1.82, 2.24) is 0 Å². The van der Waals surface area contributed by atoms with Gasteiger partial charge in [-0.2, -0.15) is 0 Å². The average Bonchev–Trinajstić information content (AvgIpc) is 2.67. The minimum atomic E-state index is 0.553. The first-order chi connectivity index (χ1) is 9.25. The molecule has 2 rings (SSSR count). The highest BCUT2D eigenvalue weighted by molar-refractivity contribution is 6.42. The van der Waals surface area contributed by atoms with Crippen LogP contribution < -0.4 is 9.64 Å². The molecule has 1 heterocycles. The number of quaternary nitrogens is 1. The molecule has 0 spiro atoms. The summed E-state index contributed by atoms with van der Waals surface area (Å²) in [4.78, 5) is 1.73. The molecule has 0 atom stereocenters. The third-order valence-corrected chi connectivity index (χ3v) is 4.38. The lowest BCUT2D eigenvalue weighted by Gasteiger charge is -2.17. The zero-order valence-electron chi connectivity index (χ0n) is 11.3. The summed E-state index contributed by atoms with van der Waals surface area (Å²) in [7, 11) is 0. The van der Waals surface area contributed by atoms with Gasteiger partial charge in [0.1, 0.15) is 5.75 Å². The number of hydrogen-bond acceptors (Lipinski definition) is 1. The molecule has 19 heavy (non-hydrogen) atoms. The molecule has 0 aromatic heterocycles. The van der Waals surface area contributed by atoms with E-state index in [-0.39, 0.29) is 0 Å². The third-order valence-electron chi connectivity index (χ3n) is 3.65. The highest BCUT2D eigenvalue weighted by atomic mass is 35.5. The van der Waals surface area contributed by atoms with Gasteiger partial charge in [-0.3, -0.25) is 0 Å². The minimum Gasteiger partial charge on any atom is -0.493 e. The molecule has 1 fully saturated rings. The van der Waals surface area contributed by atoms with Crippen molar-refractivity contribution in [2.45, 2.75) is 32.1 Å². The molecule has 0 radical (unpaired) electrons. The van der Waals surface area contributed by atoms with Crippen LogP contribution in [0.3, 0.4) is 0 Å². The van der Waals surface area contributed by atoms with Gasteiger partial charge in [-0.05, 0) is 37.8 Å². The Bertz CT molecular complexity index is 390. The fourth-order valence-corrected chi connectivity index (χ4v) is 2.85. The average molecular weight is 303 g/mol.